The van der Waals surface area contributed by atoms with E-state index in [0.29, 0.717) is 25.1 Å². The molecule has 0 aliphatic heterocycles. The number of carbonyl (C=O) groups excluding carboxylic acids is 1. The van der Waals surface area contributed by atoms with Crippen molar-refractivity contribution in [2.45, 2.75) is 13.3 Å². The fourth-order valence-corrected chi connectivity index (χ4v) is 1.70. The molecule has 0 aliphatic rings. The maximum Gasteiger partial charge on any atom is 0.253 e. The van der Waals surface area contributed by atoms with Crippen LogP contribution in [0.15, 0.2) is 28.7 Å². The lowest BCUT2D eigenvalue weighted by atomic mass is 10.2. The number of amides is 1. The SMILES string of the molecule is CCN(CCCO)C(=O)c1ccc(Br)cc1. The van der Waals surface area contributed by atoms with Gasteiger partial charge in [0.1, 0.15) is 0 Å². The Bertz CT molecular complexity index is 337. The van der Waals surface area contributed by atoms with Gasteiger partial charge in [-0.2, -0.15) is 0 Å². The maximum absolute atomic E-state index is 12.0. The van der Waals surface area contributed by atoms with Gasteiger partial charge in [0.05, 0.1) is 0 Å². The fraction of sp³-hybridized carbons (Fsp3) is 0.417. The van der Waals surface area contributed by atoms with Crippen molar-refractivity contribution >= 4 is 21.8 Å². The molecular formula is C12H16BrNO2. The number of nitrogens with zero attached hydrogens (tertiary/aromatic N) is 1. The number of halogens is 1. The van der Waals surface area contributed by atoms with Crippen LogP contribution in [0.2, 0.25) is 0 Å². The van der Waals surface area contributed by atoms with Crippen LogP contribution in [-0.4, -0.2) is 35.6 Å². The zero-order valence-corrected chi connectivity index (χ0v) is 10.9. The van der Waals surface area contributed by atoms with Crippen molar-refractivity contribution in [3.8, 4) is 0 Å². The highest BCUT2D eigenvalue weighted by Gasteiger charge is 2.12. The molecule has 4 heteroatoms. The van der Waals surface area contributed by atoms with E-state index >= 15 is 0 Å². The topological polar surface area (TPSA) is 40.5 Å². The summed E-state index contributed by atoms with van der Waals surface area (Å²) in [6, 6.07) is 7.31. The first kappa shape index (κ1) is 13.2. The quantitative estimate of drug-likeness (QED) is 0.902. The zero-order chi connectivity index (χ0) is 12.0. The lowest BCUT2D eigenvalue weighted by Gasteiger charge is -2.20. The number of aliphatic hydroxyl groups excluding tert-OH is 1. The van der Waals surface area contributed by atoms with E-state index in [2.05, 4.69) is 15.9 Å². The highest BCUT2D eigenvalue weighted by Crippen LogP contribution is 2.12. The van der Waals surface area contributed by atoms with Gasteiger partial charge in [0.15, 0.2) is 0 Å². The van der Waals surface area contributed by atoms with Gasteiger partial charge < -0.3 is 10.0 Å². The molecule has 1 aromatic carbocycles. The van der Waals surface area contributed by atoms with Crippen molar-refractivity contribution in [2.75, 3.05) is 19.7 Å². The van der Waals surface area contributed by atoms with Crippen LogP contribution in [0.4, 0.5) is 0 Å². The minimum Gasteiger partial charge on any atom is -0.396 e. The molecule has 88 valence electrons. The van der Waals surface area contributed by atoms with Crippen LogP contribution in [0.1, 0.15) is 23.7 Å². The molecule has 0 radical (unpaired) electrons. The van der Waals surface area contributed by atoms with E-state index in [1.165, 1.54) is 0 Å². The van der Waals surface area contributed by atoms with Gasteiger partial charge in [0, 0.05) is 29.7 Å². The van der Waals surface area contributed by atoms with Crippen molar-refractivity contribution in [3.05, 3.63) is 34.3 Å². The number of hydrogen-bond donors (Lipinski definition) is 1. The molecule has 16 heavy (non-hydrogen) atoms. The van der Waals surface area contributed by atoms with Crippen LogP contribution in [-0.2, 0) is 0 Å². The first-order valence-electron chi connectivity index (χ1n) is 5.34. The zero-order valence-electron chi connectivity index (χ0n) is 9.32. The van der Waals surface area contributed by atoms with E-state index in [4.69, 9.17) is 5.11 Å². The molecule has 1 amide bonds. The van der Waals surface area contributed by atoms with Gasteiger partial charge in [-0.3, -0.25) is 4.79 Å². The summed E-state index contributed by atoms with van der Waals surface area (Å²) in [5.74, 6) is 0.0171. The van der Waals surface area contributed by atoms with Crippen LogP contribution >= 0.6 is 15.9 Å². The van der Waals surface area contributed by atoms with Gasteiger partial charge in [-0.15, -0.1) is 0 Å². The van der Waals surface area contributed by atoms with Crippen molar-refractivity contribution < 1.29 is 9.90 Å². The second-order valence-electron chi connectivity index (χ2n) is 3.47. The Balaban J connectivity index is 2.70. The third kappa shape index (κ3) is 3.61. The molecule has 0 atom stereocenters. The molecule has 0 bridgehead atoms. The number of rotatable bonds is 5. The first-order chi connectivity index (χ1) is 7.69. The summed E-state index contributed by atoms with van der Waals surface area (Å²) in [7, 11) is 0. The van der Waals surface area contributed by atoms with Gasteiger partial charge in [-0.25, -0.2) is 0 Å². The smallest absolute Gasteiger partial charge is 0.253 e. The third-order valence-electron chi connectivity index (χ3n) is 2.35. The minimum atomic E-state index is 0.0171. The Labute approximate surface area is 104 Å². The summed E-state index contributed by atoms with van der Waals surface area (Å²) in [6.45, 7) is 3.31. The summed E-state index contributed by atoms with van der Waals surface area (Å²) in [6.07, 6.45) is 0.621. The molecule has 0 saturated heterocycles. The molecule has 1 N–H and O–H groups in total. The highest BCUT2D eigenvalue weighted by atomic mass is 79.9. The minimum absolute atomic E-state index is 0.0171. The van der Waals surface area contributed by atoms with E-state index in [1.54, 1.807) is 17.0 Å². The second-order valence-corrected chi connectivity index (χ2v) is 4.38. The molecule has 0 spiro atoms. The number of hydrogen-bond acceptors (Lipinski definition) is 2. The van der Waals surface area contributed by atoms with Gasteiger partial charge in [0.25, 0.3) is 5.91 Å². The van der Waals surface area contributed by atoms with Crippen LogP contribution in [0, 0.1) is 0 Å². The summed E-state index contributed by atoms with van der Waals surface area (Å²) < 4.78 is 0.961. The highest BCUT2D eigenvalue weighted by molar-refractivity contribution is 9.10. The Morgan fingerprint density at radius 2 is 2.00 bits per heavy atom. The van der Waals surface area contributed by atoms with Crippen LogP contribution < -0.4 is 0 Å². The Morgan fingerprint density at radius 3 is 2.50 bits per heavy atom. The van der Waals surface area contributed by atoms with Crippen molar-refractivity contribution in [3.63, 3.8) is 0 Å². The van der Waals surface area contributed by atoms with Gasteiger partial charge in [-0.05, 0) is 37.6 Å². The van der Waals surface area contributed by atoms with Crippen LogP contribution in [0.3, 0.4) is 0 Å². The summed E-state index contributed by atoms with van der Waals surface area (Å²) in [5.41, 5.74) is 0.683. The number of benzene rings is 1. The van der Waals surface area contributed by atoms with Crippen molar-refractivity contribution in [1.82, 2.24) is 4.90 Å². The van der Waals surface area contributed by atoms with E-state index in [-0.39, 0.29) is 12.5 Å². The standard InChI is InChI=1S/C12H16BrNO2/c1-2-14(8-3-9-15)12(16)10-4-6-11(13)7-5-10/h4-7,15H,2-3,8-9H2,1H3. The average molecular weight is 286 g/mol. The second kappa shape index (κ2) is 6.66. The number of aliphatic hydroxyl groups is 1. The first-order valence-corrected chi connectivity index (χ1v) is 6.14. The molecule has 0 aromatic heterocycles. The predicted molar refractivity (Wildman–Crippen MR) is 67.4 cm³/mol. The predicted octanol–water partition coefficient (Wildman–Crippen LogP) is 2.29. The van der Waals surface area contributed by atoms with E-state index in [1.807, 2.05) is 19.1 Å². The van der Waals surface area contributed by atoms with E-state index < -0.39 is 0 Å². The normalized spacial score (nSPS) is 10.2. The monoisotopic (exact) mass is 285 g/mol. The molecular weight excluding hydrogens is 270 g/mol. The van der Waals surface area contributed by atoms with Crippen LogP contribution in [0.25, 0.3) is 0 Å². The molecule has 1 aromatic rings. The summed E-state index contributed by atoms with van der Waals surface area (Å²) in [4.78, 5) is 13.8. The third-order valence-corrected chi connectivity index (χ3v) is 2.87. The average Bonchev–Trinajstić information content (AvgIpc) is 2.30. The van der Waals surface area contributed by atoms with E-state index in [0.717, 1.165) is 4.47 Å². The Morgan fingerprint density at radius 1 is 1.38 bits per heavy atom. The largest absolute Gasteiger partial charge is 0.396 e. The van der Waals surface area contributed by atoms with Crippen LogP contribution in [0.5, 0.6) is 0 Å². The van der Waals surface area contributed by atoms with Gasteiger partial charge in [-0.1, -0.05) is 15.9 Å². The molecule has 0 saturated carbocycles. The summed E-state index contributed by atoms with van der Waals surface area (Å²) >= 11 is 3.33. The molecule has 0 aliphatic carbocycles. The number of carbonyl (C=O) groups is 1. The molecule has 3 nitrogen and oxygen atoms in total. The van der Waals surface area contributed by atoms with Gasteiger partial charge in [0.2, 0.25) is 0 Å². The fourth-order valence-electron chi connectivity index (χ4n) is 1.44. The summed E-state index contributed by atoms with van der Waals surface area (Å²) in [5, 5.41) is 8.76. The lowest BCUT2D eigenvalue weighted by molar-refractivity contribution is 0.0754. The van der Waals surface area contributed by atoms with Crippen molar-refractivity contribution in [1.29, 1.82) is 0 Å². The Hall–Kier alpha value is -0.870. The Kier molecular flexibility index (Phi) is 5.49. The van der Waals surface area contributed by atoms with Gasteiger partial charge >= 0.3 is 0 Å². The lowest BCUT2D eigenvalue weighted by Crippen LogP contribution is -2.32. The molecule has 0 heterocycles. The maximum atomic E-state index is 12.0. The molecule has 1 rings (SSSR count). The molecule has 0 unspecified atom stereocenters. The van der Waals surface area contributed by atoms with E-state index in [9.17, 15) is 4.79 Å². The molecule has 0 fully saturated rings. The van der Waals surface area contributed by atoms with Crippen molar-refractivity contribution in [2.24, 2.45) is 0 Å².